The maximum Gasteiger partial charge on any atom is 0.263 e. The highest BCUT2D eigenvalue weighted by atomic mass is 32.2. The number of nitrogens with one attached hydrogen (secondary N) is 4. The molecular formula is C20H19N5O4S. The van der Waals surface area contributed by atoms with Crippen molar-refractivity contribution in [3.63, 3.8) is 0 Å². The molecule has 0 spiro atoms. The minimum Gasteiger partial charge on any atom is -0.361 e. The number of nitrogens with zero attached hydrogens (tertiary/aromatic N) is 1. The summed E-state index contributed by atoms with van der Waals surface area (Å²) in [6.45, 7) is 0.0658. The maximum absolute atomic E-state index is 12.1. The van der Waals surface area contributed by atoms with E-state index >= 15 is 0 Å². The number of hydrogen-bond donors (Lipinski definition) is 4. The highest BCUT2D eigenvalue weighted by Crippen LogP contribution is 2.22. The lowest BCUT2D eigenvalue weighted by Gasteiger charge is -2.06. The van der Waals surface area contributed by atoms with Crippen LogP contribution in [0.2, 0.25) is 0 Å². The Labute approximate surface area is 172 Å². The molecule has 2 heterocycles. The van der Waals surface area contributed by atoms with Crippen molar-refractivity contribution in [2.75, 3.05) is 6.54 Å². The molecule has 0 bridgehead atoms. The summed E-state index contributed by atoms with van der Waals surface area (Å²) in [6, 6.07) is 14.1. The van der Waals surface area contributed by atoms with Gasteiger partial charge in [-0.15, -0.1) is 0 Å². The predicted molar refractivity (Wildman–Crippen MR) is 111 cm³/mol. The van der Waals surface area contributed by atoms with Crippen molar-refractivity contribution in [3.8, 4) is 0 Å². The molecule has 0 saturated carbocycles. The molecule has 1 aliphatic heterocycles. The molecule has 0 fully saturated rings. The monoisotopic (exact) mass is 425 g/mol. The molecule has 4 rings (SSSR count). The Hall–Kier alpha value is -3.66. The molecule has 3 aromatic rings. The van der Waals surface area contributed by atoms with Gasteiger partial charge in [0.2, 0.25) is 11.8 Å². The van der Waals surface area contributed by atoms with Crippen molar-refractivity contribution in [2.24, 2.45) is 4.99 Å². The minimum absolute atomic E-state index is 0.0131. The van der Waals surface area contributed by atoms with E-state index in [1.807, 2.05) is 24.3 Å². The second-order valence-corrected chi connectivity index (χ2v) is 8.37. The van der Waals surface area contributed by atoms with E-state index in [1.165, 1.54) is 6.07 Å². The molecule has 30 heavy (non-hydrogen) atoms. The second-order valence-electron chi connectivity index (χ2n) is 6.71. The normalized spacial score (nSPS) is 15.5. The van der Waals surface area contributed by atoms with E-state index in [0.29, 0.717) is 5.56 Å². The van der Waals surface area contributed by atoms with Crippen LogP contribution in [0, 0.1) is 0 Å². The summed E-state index contributed by atoms with van der Waals surface area (Å²) in [7, 11) is -3.61. The zero-order chi connectivity index (χ0) is 21.1. The van der Waals surface area contributed by atoms with Gasteiger partial charge in [-0.2, -0.15) is 0 Å². The van der Waals surface area contributed by atoms with Crippen molar-refractivity contribution in [2.45, 2.75) is 17.7 Å². The number of amidine groups is 1. The average molecular weight is 425 g/mol. The van der Waals surface area contributed by atoms with Crippen LogP contribution in [0.1, 0.15) is 17.5 Å². The lowest BCUT2D eigenvalue weighted by Crippen LogP contribution is -2.42. The first kappa shape index (κ1) is 19.6. The Bertz CT molecular complexity index is 1260. The molecule has 9 nitrogen and oxygen atoms in total. The lowest BCUT2D eigenvalue weighted by atomic mass is 10.1. The van der Waals surface area contributed by atoms with Gasteiger partial charge < -0.3 is 4.98 Å². The summed E-state index contributed by atoms with van der Waals surface area (Å²) in [5.74, 6) is -0.570. The molecule has 0 unspecified atom stereocenters. The summed E-state index contributed by atoms with van der Waals surface area (Å²) in [5.41, 5.74) is 6.97. The number of carbonyl (C=O) groups excluding carboxylic acids is 2. The van der Waals surface area contributed by atoms with E-state index in [0.717, 1.165) is 16.5 Å². The number of H-pyrrole nitrogens is 1. The number of carbonyl (C=O) groups is 2. The number of sulfonamides is 1. The van der Waals surface area contributed by atoms with Gasteiger partial charge in [0, 0.05) is 29.1 Å². The number of hydrazine groups is 1. The van der Waals surface area contributed by atoms with Crippen LogP contribution in [-0.4, -0.2) is 37.6 Å². The molecule has 0 aliphatic carbocycles. The van der Waals surface area contributed by atoms with Crippen LogP contribution in [0.5, 0.6) is 0 Å². The topological polar surface area (TPSA) is 133 Å². The number of aliphatic imine (C=N–C) groups is 1. The number of para-hydroxylation sites is 1. The van der Waals surface area contributed by atoms with Gasteiger partial charge in [-0.05, 0) is 23.8 Å². The SMILES string of the molecule is O=C(CCN=C1NS(=O)(=O)c2ccccc21)NNC(=O)Cc1c[nH]c2ccccc12. The third kappa shape index (κ3) is 4.03. The van der Waals surface area contributed by atoms with E-state index in [1.54, 1.807) is 24.4 Å². The molecule has 2 aromatic carbocycles. The smallest absolute Gasteiger partial charge is 0.263 e. The maximum atomic E-state index is 12.1. The van der Waals surface area contributed by atoms with E-state index < -0.39 is 15.9 Å². The first-order valence-electron chi connectivity index (χ1n) is 9.23. The zero-order valence-electron chi connectivity index (χ0n) is 15.8. The second kappa shape index (κ2) is 7.99. The Balaban J connectivity index is 1.28. The quantitative estimate of drug-likeness (QED) is 0.454. The van der Waals surface area contributed by atoms with Gasteiger partial charge >= 0.3 is 0 Å². The third-order valence-corrected chi connectivity index (χ3v) is 6.04. The first-order valence-corrected chi connectivity index (χ1v) is 10.7. The van der Waals surface area contributed by atoms with Gasteiger partial charge in [-0.25, -0.2) is 8.42 Å². The number of aromatic amines is 1. The highest BCUT2D eigenvalue weighted by molar-refractivity contribution is 7.90. The van der Waals surface area contributed by atoms with E-state index in [-0.39, 0.29) is 36.0 Å². The number of rotatable bonds is 5. The molecule has 0 saturated heterocycles. The van der Waals surface area contributed by atoms with Crippen molar-refractivity contribution in [3.05, 3.63) is 65.9 Å². The fourth-order valence-electron chi connectivity index (χ4n) is 3.22. The average Bonchev–Trinajstić information content (AvgIpc) is 3.25. The summed E-state index contributed by atoms with van der Waals surface area (Å²) in [5, 5.41) is 0.953. The third-order valence-electron chi connectivity index (χ3n) is 4.64. The van der Waals surface area contributed by atoms with Gasteiger partial charge in [0.1, 0.15) is 5.84 Å². The Morgan fingerprint density at radius 2 is 1.70 bits per heavy atom. The number of benzene rings is 2. The highest BCUT2D eigenvalue weighted by Gasteiger charge is 2.29. The summed E-state index contributed by atoms with van der Waals surface area (Å²) in [6.07, 6.45) is 1.87. The van der Waals surface area contributed by atoms with Crippen molar-refractivity contribution in [1.82, 2.24) is 20.6 Å². The minimum atomic E-state index is -3.61. The molecule has 1 aromatic heterocycles. The molecule has 4 N–H and O–H groups in total. The van der Waals surface area contributed by atoms with Gasteiger partial charge in [0.05, 0.1) is 17.9 Å². The molecule has 10 heteroatoms. The van der Waals surface area contributed by atoms with E-state index in [2.05, 4.69) is 25.6 Å². The number of aromatic nitrogens is 1. The molecular weight excluding hydrogens is 406 g/mol. The van der Waals surface area contributed by atoms with Gasteiger partial charge in [0.25, 0.3) is 10.0 Å². The Morgan fingerprint density at radius 3 is 2.57 bits per heavy atom. The number of amides is 2. The largest absolute Gasteiger partial charge is 0.361 e. The first-order chi connectivity index (χ1) is 14.4. The van der Waals surface area contributed by atoms with Crippen LogP contribution < -0.4 is 15.6 Å². The molecule has 0 atom stereocenters. The predicted octanol–water partition coefficient (Wildman–Crippen LogP) is 0.987. The number of fused-ring (bicyclic) bond motifs is 2. The van der Waals surface area contributed by atoms with Gasteiger partial charge in [0.15, 0.2) is 0 Å². The zero-order valence-corrected chi connectivity index (χ0v) is 16.6. The Morgan fingerprint density at radius 1 is 0.967 bits per heavy atom. The molecule has 154 valence electrons. The van der Waals surface area contributed by atoms with E-state index in [4.69, 9.17) is 0 Å². The summed E-state index contributed by atoms with van der Waals surface area (Å²) >= 11 is 0. The molecule has 0 radical (unpaired) electrons. The van der Waals surface area contributed by atoms with Crippen LogP contribution in [0.15, 0.2) is 64.6 Å². The van der Waals surface area contributed by atoms with Crippen LogP contribution in [0.25, 0.3) is 10.9 Å². The van der Waals surface area contributed by atoms with Crippen LogP contribution >= 0.6 is 0 Å². The van der Waals surface area contributed by atoms with Gasteiger partial charge in [-0.1, -0.05) is 30.3 Å². The standard InChI is InChI=1S/C20H19N5O4S/c26-18(9-10-21-20-15-6-2-4-8-17(15)30(28,29)25-20)23-24-19(27)11-13-12-22-16-7-3-1-5-14(13)16/h1-8,12,22H,9-11H2,(H,21,25)(H,23,26)(H,24,27). The summed E-state index contributed by atoms with van der Waals surface area (Å²) in [4.78, 5) is 31.5. The van der Waals surface area contributed by atoms with Gasteiger partial charge in [-0.3, -0.25) is 30.2 Å². The lowest BCUT2D eigenvalue weighted by molar-refractivity contribution is -0.128. The Kier molecular flexibility index (Phi) is 5.23. The fourth-order valence-corrected chi connectivity index (χ4v) is 4.47. The van der Waals surface area contributed by atoms with E-state index in [9.17, 15) is 18.0 Å². The number of hydrogen-bond acceptors (Lipinski definition) is 5. The van der Waals surface area contributed by atoms with Crippen molar-refractivity contribution >= 4 is 38.6 Å². The molecule has 2 amide bonds. The van der Waals surface area contributed by atoms with Crippen LogP contribution in [0.4, 0.5) is 0 Å². The van der Waals surface area contributed by atoms with Crippen molar-refractivity contribution in [1.29, 1.82) is 0 Å². The van der Waals surface area contributed by atoms with Crippen LogP contribution in [-0.2, 0) is 26.0 Å². The van der Waals surface area contributed by atoms with Crippen LogP contribution in [0.3, 0.4) is 0 Å². The van der Waals surface area contributed by atoms with Crippen molar-refractivity contribution < 1.29 is 18.0 Å². The summed E-state index contributed by atoms with van der Waals surface area (Å²) < 4.78 is 26.4. The molecule has 1 aliphatic rings. The fraction of sp³-hybridized carbons (Fsp3) is 0.150.